The van der Waals surface area contributed by atoms with Crippen molar-refractivity contribution in [1.82, 2.24) is 0 Å². The highest BCUT2D eigenvalue weighted by Gasteiger charge is 2.23. The SMILES string of the molecule is CC(=O)C(Cc1ccc(O)cc1OP(=O)(O)O)c1cccc(O)c1. The number of hydrogen-bond acceptors (Lipinski definition) is 5. The molecular formula is C16H17O7P. The molecule has 0 aliphatic rings. The zero-order chi connectivity index (χ0) is 17.9. The lowest BCUT2D eigenvalue weighted by Gasteiger charge is -2.18. The minimum Gasteiger partial charge on any atom is -0.508 e. The van der Waals surface area contributed by atoms with E-state index in [1.54, 1.807) is 12.1 Å². The molecule has 0 bridgehead atoms. The molecule has 4 N–H and O–H groups in total. The third kappa shape index (κ3) is 4.83. The predicted molar refractivity (Wildman–Crippen MR) is 86.0 cm³/mol. The van der Waals surface area contributed by atoms with Gasteiger partial charge in [-0.15, -0.1) is 0 Å². The molecule has 2 rings (SSSR count). The first-order valence-electron chi connectivity index (χ1n) is 7.02. The van der Waals surface area contributed by atoms with Crippen molar-refractivity contribution in [2.75, 3.05) is 0 Å². The molecular weight excluding hydrogens is 335 g/mol. The molecule has 1 atom stereocenters. The van der Waals surface area contributed by atoms with Gasteiger partial charge in [-0.1, -0.05) is 18.2 Å². The highest BCUT2D eigenvalue weighted by molar-refractivity contribution is 7.46. The lowest BCUT2D eigenvalue weighted by Crippen LogP contribution is -2.12. The number of benzene rings is 2. The average Bonchev–Trinajstić information content (AvgIpc) is 2.44. The van der Waals surface area contributed by atoms with E-state index in [0.717, 1.165) is 6.07 Å². The van der Waals surface area contributed by atoms with Crippen molar-refractivity contribution in [3.8, 4) is 17.2 Å². The van der Waals surface area contributed by atoms with Gasteiger partial charge in [0.05, 0.1) is 0 Å². The molecule has 2 aromatic carbocycles. The van der Waals surface area contributed by atoms with Gasteiger partial charge in [0, 0.05) is 12.0 Å². The summed E-state index contributed by atoms with van der Waals surface area (Å²) in [5, 5.41) is 19.1. The standard InChI is InChI=1S/C16H17O7P/c1-10(17)15(11-3-2-4-13(18)7-11)8-12-5-6-14(19)9-16(12)23-24(20,21)22/h2-7,9,15,18-19H,8H2,1H3,(H2,20,21,22). The molecule has 1 unspecified atom stereocenters. The van der Waals surface area contributed by atoms with Gasteiger partial charge in [0.25, 0.3) is 0 Å². The number of phenolic OH excluding ortho intramolecular Hbond substituents is 2. The predicted octanol–water partition coefficient (Wildman–Crippen LogP) is 2.48. The van der Waals surface area contributed by atoms with Crippen molar-refractivity contribution in [1.29, 1.82) is 0 Å². The van der Waals surface area contributed by atoms with Crippen LogP contribution in [0.3, 0.4) is 0 Å². The van der Waals surface area contributed by atoms with E-state index in [0.29, 0.717) is 11.1 Å². The summed E-state index contributed by atoms with van der Waals surface area (Å²) in [6, 6.07) is 10.1. The van der Waals surface area contributed by atoms with E-state index in [1.165, 1.54) is 31.2 Å². The summed E-state index contributed by atoms with van der Waals surface area (Å²) in [5.41, 5.74) is 0.914. The molecule has 0 saturated carbocycles. The van der Waals surface area contributed by atoms with Gasteiger partial charge in [0.1, 0.15) is 23.0 Å². The van der Waals surface area contributed by atoms with Crippen molar-refractivity contribution < 1.29 is 33.9 Å². The normalized spacial score (nSPS) is 12.6. The third-order valence-corrected chi connectivity index (χ3v) is 3.89. The van der Waals surface area contributed by atoms with E-state index >= 15 is 0 Å². The number of carbonyl (C=O) groups excluding carboxylic acids is 1. The number of phosphoric acid groups is 1. The van der Waals surface area contributed by atoms with Crippen LogP contribution in [0.4, 0.5) is 0 Å². The largest absolute Gasteiger partial charge is 0.524 e. The zero-order valence-corrected chi connectivity index (χ0v) is 13.7. The molecule has 7 nitrogen and oxygen atoms in total. The molecule has 0 radical (unpaired) electrons. The summed E-state index contributed by atoms with van der Waals surface area (Å²) in [4.78, 5) is 30.0. The number of phosphoric ester groups is 1. The fourth-order valence-corrected chi connectivity index (χ4v) is 2.81. The fourth-order valence-electron chi connectivity index (χ4n) is 2.38. The number of Topliss-reactive ketones (excluding diaryl/α,β-unsaturated/α-hetero) is 1. The van der Waals surface area contributed by atoms with E-state index in [4.69, 9.17) is 9.79 Å². The second kappa shape index (κ2) is 7.05. The summed E-state index contributed by atoms with van der Waals surface area (Å²) >= 11 is 0. The van der Waals surface area contributed by atoms with Gasteiger partial charge in [0.2, 0.25) is 0 Å². The maximum Gasteiger partial charge on any atom is 0.524 e. The topological polar surface area (TPSA) is 124 Å². The number of rotatable bonds is 6. The average molecular weight is 352 g/mol. The van der Waals surface area contributed by atoms with Crippen LogP contribution in [0.2, 0.25) is 0 Å². The molecule has 2 aromatic rings. The van der Waals surface area contributed by atoms with Crippen LogP contribution < -0.4 is 4.52 Å². The Kier molecular flexibility index (Phi) is 5.29. The monoisotopic (exact) mass is 352 g/mol. The number of ketones is 1. The first-order chi connectivity index (χ1) is 11.2. The highest BCUT2D eigenvalue weighted by atomic mass is 31.2. The van der Waals surface area contributed by atoms with E-state index < -0.39 is 13.7 Å². The summed E-state index contributed by atoms with van der Waals surface area (Å²) in [6.07, 6.45) is 0.0917. The molecule has 0 aliphatic carbocycles. The van der Waals surface area contributed by atoms with Gasteiger partial charge >= 0.3 is 7.82 Å². The van der Waals surface area contributed by atoms with Gasteiger partial charge in [-0.25, -0.2) is 4.57 Å². The van der Waals surface area contributed by atoms with Gasteiger partial charge in [-0.2, -0.15) is 0 Å². The minimum atomic E-state index is -4.82. The van der Waals surface area contributed by atoms with E-state index in [-0.39, 0.29) is 29.5 Å². The van der Waals surface area contributed by atoms with Gasteiger partial charge in [-0.05, 0) is 42.7 Å². The Labute approximate surface area is 138 Å². The van der Waals surface area contributed by atoms with Crippen LogP contribution >= 0.6 is 7.82 Å². The second-order valence-corrected chi connectivity index (χ2v) is 6.50. The van der Waals surface area contributed by atoms with Crippen molar-refractivity contribution in [2.45, 2.75) is 19.3 Å². The maximum absolute atomic E-state index is 12.0. The molecule has 0 amide bonds. The molecule has 0 fully saturated rings. The molecule has 0 aliphatic heterocycles. The fraction of sp³-hybridized carbons (Fsp3) is 0.188. The van der Waals surface area contributed by atoms with Crippen LogP contribution in [0.25, 0.3) is 0 Å². The number of hydrogen-bond donors (Lipinski definition) is 4. The number of phenols is 2. The minimum absolute atomic E-state index is 0.0103. The molecule has 0 saturated heterocycles. The summed E-state index contributed by atoms with van der Waals surface area (Å²) < 4.78 is 15.7. The van der Waals surface area contributed by atoms with Crippen molar-refractivity contribution >= 4 is 13.6 Å². The van der Waals surface area contributed by atoms with Crippen LogP contribution in [0, 0.1) is 0 Å². The van der Waals surface area contributed by atoms with Crippen LogP contribution in [0.1, 0.15) is 24.0 Å². The first-order valence-corrected chi connectivity index (χ1v) is 8.55. The third-order valence-electron chi connectivity index (χ3n) is 3.46. The lowest BCUT2D eigenvalue weighted by molar-refractivity contribution is -0.118. The summed E-state index contributed by atoms with van der Waals surface area (Å²) in [6.45, 7) is 1.39. The van der Waals surface area contributed by atoms with Gasteiger partial charge in [-0.3, -0.25) is 14.6 Å². The van der Waals surface area contributed by atoms with Crippen LogP contribution in [-0.4, -0.2) is 25.8 Å². The highest BCUT2D eigenvalue weighted by Crippen LogP contribution is 2.41. The Morgan fingerprint density at radius 2 is 1.79 bits per heavy atom. The summed E-state index contributed by atoms with van der Waals surface area (Å²) in [7, 11) is -4.82. The van der Waals surface area contributed by atoms with Crippen molar-refractivity contribution in [3.05, 3.63) is 53.6 Å². The van der Waals surface area contributed by atoms with Gasteiger partial charge < -0.3 is 14.7 Å². The maximum atomic E-state index is 12.0. The first kappa shape index (κ1) is 18.0. The molecule has 24 heavy (non-hydrogen) atoms. The van der Waals surface area contributed by atoms with Crippen LogP contribution in [0.5, 0.6) is 17.2 Å². The van der Waals surface area contributed by atoms with E-state index in [2.05, 4.69) is 4.52 Å². The van der Waals surface area contributed by atoms with Crippen molar-refractivity contribution in [2.24, 2.45) is 0 Å². The molecule has 8 heteroatoms. The Hall–Kier alpha value is -2.34. The van der Waals surface area contributed by atoms with Crippen molar-refractivity contribution in [3.63, 3.8) is 0 Å². The Morgan fingerprint density at radius 1 is 1.12 bits per heavy atom. The lowest BCUT2D eigenvalue weighted by atomic mass is 9.88. The van der Waals surface area contributed by atoms with E-state index in [9.17, 15) is 19.6 Å². The van der Waals surface area contributed by atoms with E-state index in [1.807, 2.05) is 0 Å². The van der Waals surface area contributed by atoms with Gasteiger partial charge in [0.15, 0.2) is 0 Å². The quantitative estimate of drug-likeness (QED) is 0.589. The zero-order valence-electron chi connectivity index (χ0n) is 12.8. The van der Waals surface area contributed by atoms with Crippen LogP contribution in [0.15, 0.2) is 42.5 Å². The molecule has 0 aromatic heterocycles. The Balaban J connectivity index is 2.40. The molecule has 128 valence electrons. The molecule has 0 heterocycles. The second-order valence-electron chi connectivity index (χ2n) is 5.34. The van der Waals surface area contributed by atoms with Crippen LogP contribution in [-0.2, 0) is 15.8 Å². The number of carbonyl (C=O) groups is 1. The Morgan fingerprint density at radius 3 is 2.38 bits per heavy atom. The smallest absolute Gasteiger partial charge is 0.508 e. The summed E-state index contributed by atoms with van der Waals surface area (Å²) in [5.74, 6) is -1.23. The Bertz CT molecular complexity index is 797. The number of aromatic hydroxyl groups is 2. The molecule has 0 spiro atoms.